The topological polar surface area (TPSA) is 79.4 Å². The summed E-state index contributed by atoms with van der Waals surface area (Å²) in [5, 5.41) is 0. The number of nitrogens with one attached hydrogen (secondary N) is 1. The Bertz CT molecular complexity index is 936. The van der Waals surface area contributed by atoms with Gasteiger partial charge in [0.05, 0.1) is 17.5 Å². The zero-order chi connectivity index (χ0) is 18.6. The van der Waals surface area contributed by atoms with Crippen LogP contribution in [-0.4, -0.2) is 37.3 Å². The number of carbonyl (C=O) groups excluding carboxylic acids is 1. The number of hydrogen-bond acceptors (Lipinski definition) is 4. The first kappa shape index (κ1) is 18.1. The van der Waals surface area contributed by atoms with E-state index in [0.29, 0.717) is 12.1 Å². The molecule has 0 bridgehead atoms. The van der Waals surface area contributed by atoms with E-state index >= 15 is 0 Å². The van der Waals surface area contributed by atoms with Crippen LogP contribution >= 0.6 is 0 Å². The quantitative estimate of drug-likeness (QED) is 0.818. The molecule has 1 aromatic carbocycles. The molecule has 1 aromatic heterocycles. The van der Waals surface area contributed by atoms with Gasteiger partial charge < -0.3 is 4.90 Å². The molecule has 6 nitrogen and oxygen atoms in total. The highest BCUT2D eigenvalue weighted by molar-refractivity contribution is 7.89. The molecule has 1 fully saturated rings. The molecule has 1 unspecified atom stereocenters. The fourth-order valence-corrected chi connectivity index (χ4v) is 4.10. The van der Waals surface area contributed by atoms with Crippen LogP contribution in [0, 0.1) is 12.3 Å². The Labute approximate surface area is 153 Å². The van der Waals surface area contributed by atoms with E-state index in [0.717, 1.165) is 18.4 Å². The largest absolute Gasteiger partial charge is 0.332 e. The smallest absolute Gasteiger partial charge is 0.254 e. The molecule has 3 rings (SSSR count). The fraction of sp³-hybridized carbons (Fsp3) is 0.263. The van der Waals surface area contributed by atoms with E-state index < -0.39 is 10.0 Å². The van der Waals surface area contributed by atoms with Crippen molar-refractivity contribution in [3.63, 3.8) is 0 Å². The lowest BCUT2D eigenvalue weighted by molar-refractivity contribution is 0.0735. The highest BCUT2D eigenvalue weighted by Gasteiger charge is 2.31. The van der Waals surface area contributed by atoms with Gasteiger partial charge >= 0.3 is 0 Å². The molecule has 1 amide bonds. The summed E-state index contributed by atoms with van der Waals surface area (Å²) in [4.78, 5) is 18.8. The number of nitrogens with zero attached hydrogens (tertiary/aromatic N) is 2. The predicted molar refractivity (Wildman–Crippen MR) is 97.7 cm³/mol. The van der Waals surface area contributed by atoms with Crippen molar-refractivity contribution in [2.75, 3.05) is 13.1 Å². The second-order valence-electron chi connectivity index (χ2n) is 5.99. The SMILES string of the molecule is C#CCNS(=O)(=O)c1cccc(C(=O)N2CCCC2c2ccncc2)c1. The Hall–Kier alpha value is -2.69. The molecule has 0 saturated carbocycles. The van der Waals surface area contributed by atoms with Crippen molar-refractivity contribution in [3.05, 3.63) is 59.9 Å². The fourth-order valence-electron chi connectivity index (χ4n) is 3.12. The summed E-state index contributed by atoms with van der Waals surface area (Å²) in [7, 11) is -3.74. The van der Waals surface area contributed by atoms with Crippen molar-refractivity contribution in [3.8, 4) is 12.3 Å². The molecule has 1 atom stereocenters. The molecule has 2 heterocycles. The second-order valence-corrected chi connectivity index (χ2v) is 7.76. The Morgan fingerprint density at radius 3 is 2.81 bits per heavy atom. The van der Waals surface area contributed by atoms with Crippen molar-refractivity contribution in [1.29, 1.82) is 0 Å². The van der Waals surface area contributed by atoms with E-state index in [1.807, 2.05) is 12.1 Å². The van der Waals surface area contributed by atoms with E-state index in [1.165, 1.54) is 12.1 Å². The molecule has 2 aromatic rings. The number of pyridine rings is 1. The van der Waals surface area contributed by atoms with E-state index in [9.17, 15) is 13.2 Å². The maximum Gasteiger partial charge on any atom is 0.254 e. The van der Waals surface area contributed by atoms with Crippen LogP contribution in [0.3, 0.4) is 0 Å². The monoisotopic (exact) mass is 369 g/mol. The van der Waals surface area contributed by atoms with E-state index in [2.05, 4.69) is 15.6 Å². The van der Waals surface area contributed by atoms with Crippen LogP contribution in [0.15, 0.2) is 53.7 Å². The zero-order valence-electron chi connectivity index (χ0n) is 14.1. The molecule has 0 spiro atoms. The average molecular weight is 369 g/mol. The van der Waals surface area contributed by atoms with Crippen LogP contribution < -0.4 is 4.72 Å². The molecule has 1 aliphatic rings. The van der Waals surface area contributed by atoms with Gasteiger partial charge in [0.1, 0.15) is 0 Å². The van der Waals surface area contributed by atoms with Crippen LogP contribution in [0.2, 0.25) is 0 Å². The minimum atomic E-state index is -3.74. The first-order valence-corrected chi connectivity index (χ1v) is 9.75. The molecular weight excluding hydrogens is 350 g/mol. The standard InChI is InChI=1S/C19H19N3O3S/c1-2-10-21-26(24,25)17-6-3-5-16(14-17)19(23)22-13-4-7-18(22)15-8-11-20-12-9-15/h1,3,5-6,8-9,11-12,14,18,21H,4,7,10,13H2. The summed E-state index contributed by atoms with van der Waals surface area (Å²) in [6.45, 7) is 0.537. The van der Waals surface area contributed by atoms with Crippen molar-refractivity contribution in [2.24, 2.45) is 0 Å². The summed E-state index contributed by atoms with van der Waals surface area (Å²) in [5.74, 6) is 2.05. The average Bonchev–Trinajstić information content (AvgIpc) is 3.16. The Morgan fingerprint density at radius 2 is 2.08 bits per heavy atom. The number of carbonyl (C=O) groups is 1. The van der Waals surface area contributed by atoms with Gasteiger partial charge in [-0.1, -0.05) is 12.0 Å². The number of rotatable bonds is 5. The van der Waals surface area contributed by atoms with Gasteiger partial charge in [-0.2, -0.15) is 4.72 Å². The van der Waals surface area contributed by atoms with Gasteiger partial charge in [0.2, 0.25) is 10.0 Å². The summed E-state index contributed by atoms with van der Waals surface area (Å²) in [6, 6.07) is 9.81. The summed E-state index contributed by atoms with van der Waals surface area (Å²) in [5.41, 5.74) is 1.37. The molecule has 26 heavy (non-hydrogen) atoms. The van der Waals surface area contributed by atoms with Crippen molar-refractivity contribution >= 4 is 15.9 Å². The van der Waals surface area contributed by atoms with Gasteiger partial charge in [0.15, 0.2) is 0 Å². The summed E-state index contributed by atoms with van der Waals surface area (Å²) < 4.78 is 26.8. The third kappa shape index (κ3) is 3.77. The van der Waals surface area contributed by atoms with Crippen molar-refractivity contribution in [2.45, 2.75) is 23.8 Å². The van der Waals surface area contributed by atoms with Crippen molar-refractivity contribution < 1.29 is 13.2 Å². The van der Waals surface area contributed by atoms with Crippen LogP contribution in [0.5, 0.6) is 0 Å². The van der Waals surface area contributed by atoms with Crippen LogP contribution in [0.1, 0.15) is 34.8 Å². The molecular formula is C19H19N3O3S. The van der Waals surface area contributed by atoms with Gasteiger partial charge in [-0.05, 0) is 48.7 Å². The second kappa shape index (κ2) is 7.68. The number of likely N-dealkylation sites (tertiary alicyclic amines) is 1. The zero-order valence-corrected chi connectivity index (χ0v) is 14.9. The Balaban J connectivity index is 1.86. The minimum absolute atomic E-state index is 0.0228. The van der Waals surface area contributed by atoms with Gasteiger partial charge in [0, 0.05) is 24.5 Å². The third-order valence-corrected chi connectivity index (χ3v) is 5.76. The lowest BCUT2D eigenvalue weighted by atomic mass is 10.1. The number of benzene rings is 1. The highest BCUT2D eigenvalue weighted by atomic mass is 32.2. The van der Waals surface area contributed by atoms with Gasteiger partial charge in [-0.3, -0.25) is 9.78 Å². The first-order chi connectivity index (χ1) is 12.5. The van der Waals surface area contributed by atoms with E-state index in [4.69, 9.17) is 6.42 Å². The Kier molecular flexibility index (Phi) is 5.35. The van der Waals surface area contributed by atoms with Crippen LogP contribution in [0.4, 0.5) is 0 Å². The maximum atomic E-state index is 13.0. The van der Waals surface area contributed by atoms with Crippen LogP contribution in [-0.2, 0) is 10.0 Å². The van der Waals surface area contributed by atoms with Gasteiger partial charge in [-0.25, -0.2) is 8.42 Å². The van der Waals surface area contributed by atoms with E-state index in [1.54, 1.807) is 29.4 Å². The number of amides is 1. The minimum Gasteiger partial charge on any atom is -0.332 e. The number of hydrogen-bond donors (Lipinski definition) is 1. The molecule has 0 radical (unpaired) electrons. The molecule has 1 N–H and O–H groups in total. The third-order valence-electron chi connectivity index (χ3n) is 4.36. The highest BCUT2D eigenvalue weighted by Crippen LogP contribution is 2.33. The molecule has 1 aliphatic heterocycles. The molecule has 0 aliphatic carbocycles. The van der Waals surface area contributed by atoms with Crippen molar-refractivity contribution in [1.82, 2.24) is 14.6 Å². The van der Waals surface area contributed by atoms with E-state index in [-0.39, 0.29) is 23.4 Å². The van der Waals surface area contributed by atoms with Gasteiger partial charge in [0.25, 0.3) is 5.91 Å². The number of sulfonamides is 1. The van der Waals surface area contributed by atoms with Gasteiger partial charge in [-0.15, -0.1) is 6.42 Å². The predicted octanol–water partition coefficient (Wildman–Crippen LogP) is 1.97. The first-order valence-electron chi connectivity index (χ1n) is 8.27. The van der Waals surface area contributed by atoms with Crippen LogP contribution in [0.25, 0.3) is 0 Å². The lowest BCUT2D eigenvalue weighted by Crippen LogP contribution is -2.31. The molecule has 7 heteroatoms. The normalized spacial score (nSPS) is 17.0. The lowest BCUT2D eigenvalue weighted by Gasteiger charge is -2.25. The maximum absolute atomic E-state index is 13.0. The molecule has 134 valence electrons. The number of terminal acetylenes is 1. The summed E-state index contributed by atoms with van der Waals surface area (Å²) >= 11 is 0. The number of aromatic nitrogens is 1. The Morgan fingerprint density at radius 1 is 1.31 bits per heavy atom. The molecule has 1 saturated heterocycles. The summed E-state index contributed by atoms with van der Waals surface area (Å²) in [6.07, 6.45) is 10.3.